The molecule has 1 aromatic carbocycles. The first-order valence-electron chi connectivity index (χ1n) is 7.02. The van der Waals surface area contributed by atoms with Gasteiger partial charge in [0.2, 0.25) is 0 Å². The summed E-state index contributed by atoms with van der Waals surface area (Å²) in [5.41, 5.74) is 9.80. The largest absolute Gasteiger partial charge is 0.324 e. The van der Waals surface area contributed by atoms with Crippen LogP contribution in [0.25, 0.3) is 11.4 Å². The van der Waals surface area contributed by atoms with Gasteiger partial charge in [0.15, 0.2) is 5.82 Å². The van der Waals surface area contributed by atoms with Gasteiger partial charge >= 0.3 is 0 Å². The lowest BCUT2D eigenvalue weighted by molar-refractivity contribution is 0.614. The van der Waals surface area contributed by atoms with E-state index in [1.165, 1.54) is 12.1 Å². The summed E-state index contributed by atoms with van der Waals surface area (Å²) in [5.74, 6) is 0.329. The molecule has 1 aliphatic carbocycles. The van der Waals surface area contributed by atoms with Crippen LogP contribution in [0, 0.1) is 12.7 Å². The van der Waals surface area contributed by atoms with E-state index in [0.29, 0.717) is 5.82 Å². The van der Waals surface area contributed by atoms with Crippen LogP contribution < -0.4 is 5.73 Å². The summed E-state index contributed by atoms with van der Waals surface area (Å²) in [4.78, 5) is 9.00. The van der Waals surface area contributed by atoms with E-state index in [4.69, 9.17) is 5.73 Å². The van der Waals surface area contributed by atoms with E-state index in [1.54, 1.807) is 0 Å². The molecule has 1 aliphatic rings. The Balaban J connectivity index is 2.05. The fourth-order valence-electron chi connectivity index (χ4n) is 2.75. The standard InChI is InChI=1S/C16H18FN3/c1-10-6-11(8-12(17)7-10)16-19-9-13-14(18)4-2-3-5-15(13)20-16/h6-9,14H,2-5,18H2,1H3. The van der Waals surface area contributed by atoms with E-state index < -0.39 is 0 Å². The molecule has 104 valence electrons. The van der Waals surface area contributed by atoms with Gasteiger partial charge in [-0.3, -0.25) is 0 Å². The minimum atomic E-state index is -0.254. The third-order valence-corrected chi connectivity index (χ3v) is 3.78. The van der Waals surface area contributed by atoms with Crippen molar-refractivity contribution in [3.05, 3.63) is 47.0 Å². The molecule has 0 saturated heterocycles. The lowest BCUT2D eigenvalue weighted by atomic mass is 10.1. The van der Waals surface area contributed by atoms with Gasteiger partial charge in [0.1, 0.15) is 5.82 Å². The van der Waals surface area contributed by atoms with Gasteiger partial charge in [-0.1, -0.05) is 6.42 Å². The maximum Gasteiger partial charge on any atom is 0.159 e. The van der Waals surface area contributed by atoms with Crippen LogP contribution in [0.3, 0.4) is 0 Å². The van der Waals surface area contributed by atoms with Crippen molar-refractivity contribution in [1.82, 2.24) is 9.97 Å². The van der Waals surface area contributed by atoms with Crippen LogP contribution in [0.15, 0.2) is 24.4 Å². The second-order valence-electron chi connectivity index (χ2n) is 5.47. The number of aromatic nitrogens is 2. The molecule has 1 aromatic heterocycles. The number of rotatable bonds is 1. The van der Waals surface area contributed by atoms with Gasteiger partial charge in [-0.25, -0.2) is 14.4 Å². The van der Waals surface area contributed by atoms with Gasteiger partial charge in [-0.2, -0.15) is 0 Å². The zero-order valence-electron chi connectivity index (χ0n) is 11.6. The summed E-state index contributed by atoms with van der Waals surface area (Å²) >= 11 is 0. The second-order valence-corrected chi connectivity index (χ2v) is 5.47. The molecule has 3 nitrogen and oxygen atoms in total. The number of aryl methyl sites for hydroxylation is 2. The number of benzene rings is 1. The predicted molar refractivity (Wildman–Crippen MR) is 76.6 cm³/mol. The van der Waals surface area contributed by atoms with Gasteiger partial charge < -0.3 is 5.73 Å². The van der Waals surface area contributed by atoms with Gasteiger partial charge in [0.25, 0.3) is 0 Å². The van der Waals surface area contributed by atoms with E-state index in [0.717, 1.165) is 48.1 Å². The van der Waals surface area contributed by atoms with Crippen molar-refractivity contribution in [2.24, 2.45) is 5.73 Å². The maximum atomic E-state index is 13.5. The first-order valence-corrected chi connectivity index (χ1v) is 7.02. The van der Waals surface area contributed by atoms with Crippen LogP contribution in [0.4, 0.5) is 4.39 Å². The highest BCUT2D eigenvalue weighted by Gasteiger charge is 2.18. The van der Waals surface area contributed by atoms with Crippen molar-refractivity contribution in [2.45, 2.75) is 38.6 Å². The van der Waals surface area contributed by atoms with Crippen LogP contribution in [0.5, 0.6) is 0 Å². The molecule has 0 saturated carbocycles. The molecule has 1 unspecified atom stereocenters. The highest BCUT2D eigenvalue weighted by Crippen LogP contribution is 2.27. The van der Waals surface area contributed by atoms with E-state index in [2.05, 4.69) is 9.97 Å². The summed E-state index contributed by atoms with van der Waals surface area (Å²) in [7, 11) is 0. The average molecular weight is 271 g/mol. The topological polar surface area (TPSA) is 51.8 Å². The van der Waals surface area contributed by atoms with Crippen molar-refractivity contribution in [1.29, 1.82) is 0 Å². The van der Waals surface area contributed by atoms with Crippen molar-refractivity contribution in [3.8, 4) is 11.4 Å². The smallest absolute Gasteiger partial charge is 0.159 e. The quantitative estimate of drug-likeness (QED) is 0.809. The van der Waals surface area contributed by atoms with Crippen LogP contribution in [0.1, 0.15) is 42.1 Å². The molecule has 0 fully saturated rings. The highest BCUT2D eigenvalue weighted by atomic mass is 19.1. The van der Waals surface area contributed by atoms with Crippen molar-refractivity contribution < 1.29 is 4.39 Å². The van der Waals surface area contributed by atoms with E-state index in [9.17, 15) is 4.39 Å². The molecule has 0 amide bonds. The van der Waals surface area contributed by atoms with Crippen LogP contribution >= 0.6 is 0 Å². The van der Waals surface area contributed by atoms with Crippen molar-refractivity contribution >= 4 is 0 Å². The molecular formula is C16H18FN3. The van der Waals surface area contributed by atoms with Crippen LogP contribution in [0.2, 0.25) is 0 Å². The van der Waals surface area contributed by atoms with E-state index in [-0.39, 0.29) is 11.9 Å². The zero-order chi connectivity index (χ0) is 14.1. The molecule has 1 atom stereocenters. The fraction of sp³-hybridized carbons (Fsp3) is 0.375. The van der Waals surface area contributed by atoms with E-state index in [1.807, 2.05) is 19.2 Å². The molecule has 20 heavy (non-hydrogen) atoms. The third kappa shape index (κ3) is 2.56. The summed E-state index contributed by atoms with van der Waals surface area (Å²) in [6.07, 6.45) is 5.93. The Labute approximate surface area is 118 Å². The number of hydrogen-bond donors (Lipinski definition) is 1. The van der Waals surface area contributed by atoms with Gasteiger partial charge in [-0.05, 0) is 49.9 Å². The molecule has 4 heteroatoms. The lowest BCUT2D eigenvalue weighted by Crippen LogP contribution is -2.12. The van der Waals surface area contributed by atoms with Crippen LogP contribution in [-0.4, -0.2) is 9.97 Å². The van der Waals surface area contributed by atoms with Gasteiger partial charge in [-0.15, -0.1) is 0 Å². The Kier molecular flexibility index (Phi) is 3.49. The first-order chi connectivity index (χ1) is 9.63. The Bertz CT molecular complexity index is 619. The molecule has 0 bridgehead atoms. The molecular weight excluding hydrogens is 253 g/mol. The lowest BCUT2D eigenvalue weighted by Gasteiger charge is -2.12. The first kappa shape index (κ1) is 13.2. The number of nitrogens with zero attached hydrogens (tertiary/aromatic N) is 2. The highest BCUT2D eigenvalue weighted by molar-refractivity contribution is 5.56. The number of halogens is 1. The third-order valence-electron chi connectivity index (χ3n) is 3.78. The molecule has 3 rings (SSSR count). The SMILES string of the molecule is Cc1cc(F)cc(-c2ncc3c(n2)CCCCC3N)c1. The Hall–Kier alpha value is -1.81. The van der Waals surface area contributed by atoms with Gasteiger partial charge in [0.05, 0.1) is 0 Å². The number of nitrogens with two attached hydrogens (primary N) is 1. The Morgan fingerprint density at radius 3 is 2.90 bits per heavy atom. The zero-order valence-corrected chi connectivity index (χ0v) is 11.6. The summed E-state index contributed by atoms with van der Waals surface area (Å²) in [5, 5.41) is 0. The fourth-order valence-corrected chi connectivity index (χ4v) is 2.75. The molecule has 2 N–H and O–H groups in total. The molecule has 0 spiro atoms. The average Bonchev–Trinajstić information content (AvgIpc) is 2.59. The van der Waals surface area contributed by atoms with Gasteiger partial charge in [0, 0.05) is 29.1 Å². The monoisotopic (exact) mass is 271 g/mol. The molecule has 2 aromatic rings. The molecule has 0 aliphatic heterocycles. The van der Waals surface area contributed by atoms with E-state index >= 15 is 0 Å². The maximum absolute atomic E-state index is 13.5. The van der Waals surface area contributed by atoms with Crippen molar-refractivity contribution in [3.63, 3.8) is 0 Å². The predicted octanol–water partition coefficient (Wildman–Crippen LogP) is 3.32. The summed E-state index contributed by atoms with van der Waals surface area (Å²) in [6.45, 7) is 1.87. The minimum absolute atomic E-state index is 0.0239. The minimum Gasteiger partial charge on any atom is -0.324 e. The van der Waals surface area contributed by atoms with Crippen LogP contribution in [-0.2, 0) is 6.42 Å². The Morgan fingerprint density at radius 1 is 1.25 bits per heavy atom. The summed E-state index contributed by atoms with van der Waals surface area (Å²) < 4.78 is 13.5. The Morgan fingerprint density at radius 2 is 2.10 bits per heavy atom. The molecule has 0 radical (unpaired) electrons. The second kappa shape index (κ2) is 5.29. The molecule has 1 heterocycles. The normalized spacial score (nSPS) is 18.4. The van der Waals surface area contributed by atoms with Crippen molar-refractivity contribution in [2.75, 3.05) is 0 Å². The summed E-state index contributed by atoms with van der Waals surface area (Å²) in [6, 6.07) is 4.91. The number of fused-ring (bicyclic) bond motifs is 1. The number of hydrogen-bond acceptors (Lipinski definition) is 3.